The molecule has 0 unspecified atom stereocenters. The highest BCUT2D eigenvalue weighted by molar-refractivity contribution is 7.97. The SMILES string of the molecule is CN(Sc1ccc(Nc2nccc(Nc3ccc(F)cc3)n2)cc1)C1CCN(Cc2cncn2C)CC1. The molecule has 192 valence electrons. The minimum absolute atomic E-state index is 0.273. The first-order valence-electron chi connectivity index (χ1n) is 12.3. The molecule has 0 aliphatic carbocycles. The number of benzene rings is 2. The van der Waals surface area contributed by atoms with Crippen molar-refractivity contribution in [2.45, 2.75) is 30.3 Å². The zero-order chi connectivity index (χ0) is 25.6. The summed E-state index contributed by atoms with van der Waals surface area (Å²) in [5.41, 5.74) is 2.93. The maximum Gasteiger partial charge on any atom is 0.229 e. The summed E-state index contributed by atoms with van der Waals surface area (Å²) in [5.74, 6) is 0.845. The summed E-state index contributed by atoms with van der Waals surface area (Å²) in [7, 11) is 4.24. The summed E-state index contributed by atoms with van der Waals surface area (Å²) in [5, 5.41) is 6.41. The number of aryl methyl sites for hydroxylation is 1. The van der Waals surface area contributed by atoms with Crippen molar-refractivity contribution in [1.29, 1.82) is 0 Å². The van der Waals surface area contributed by atoms with Crippen molar-refractivity contribution in [2.75, 3.05) is 30.8 Å². The summed E-state index contributed by atoms with van der Waals surface area (Å²) in [6.07, 6.45) is 7.81. The number of nitrogens with one attached hydrogen (secondary N) is 2. The summed E-state index contributed by atoms with van der Waals surface area (Å²) < 4.78 is 17.6. The monoisotopic (exact) mass is 518 g/mol. The molecular weight excluding hydrogens is 487 g/mol. The van der Waals surface area contributed by atoms with E-state index < -0.39 is 0 Å². The molecule has 10 heteroatoms. The summed E-state index contributed by atoms with van der Waals surface area (Å²) in [6, 6.07) is 16.8. The fourth-order valence-electron chi connectivity index (χ4n) is 4.35. The number of hydrogen-bond acceptors (Lipinski definition) is 8. The van der Waals surface area contributed by atoms with Gasteiger partial charge in [0.05, 0.1) is 12.0 Å². The molecule has 2 N–H and O–H groups in total. The van der Waals surface area contributed by atoms with Crippen molar-refractivity contribution in [1.82, 2.24) is 28.7 Å². The first-order valence-corrected chi connectivity index (χ1v) is 13.1. The van der Waals surface area contributed by atoms with Crippen molar-refractivity contribution >= 4 is 35.1 Å². The Balaban J connectivity index is 1.11. The Morgan fingerprint density at radius 1 is 1.00 bits per heavy atom. The van der Waals surface area contributed by atoms with Crippen LogP contribution in [0.3, 0.4) is 0 Å². The summed E-state index contributed by atoms with van der Waals surface area (Å²) in [6.45, 7) is 3.15. The molecule has 0 bridgehead atoms. The van der Waals surface area contributed by atoms with Crippen molar-refractivity contribution in [3.63, 3.8) is 0 Å². The molecule has 1 aliphatic heterocycles. The maximum absolute atomic E-state index is 13.1. The summed E-state index contributed by atoms with van der Waals surface area (Å²) in [4.78, 5) is 16.7. The van der Waals surface area contributed by atoms with Gasteiger partial charge in [-0.25, -0.2) is 18.7 Å². The molecule has 0 amide bonds. The predicted molar refractivity (Wildman–Crippen MR) is 147 cm³/mol. The Bertz CT molecular complexity index is 1290. The number of hydrogen-bond donors (Lipinski definition) is 2. The molecule has 4 aromatic rings. The van der Waals surface area contributed by atoms with E-state index in [0.717, 1.165) is 43.9 Å². The number of nitrogens with zero attached hydrogens (tertiary/aromatic N) is 6. The Morgan fingerprint density at radius 2 is 1.70 bits per heavy atom. The van der Waals surface area contributed by atoms with Crippen LogP contribution in [-0.4, -0.2) is 54.9 Å². The normalized spacial score (nSPS) is 14.7. The molecule has 1 fully saturated rings. The van der Waals surface area contributed by atoms with Crippen molar-refractivity contribution in [2.24, 2.45) is 7.05 Å². The van der Waals surface area contributed by atoms with Crippen molar-refractivity contribution < 1.29 is 4.39 Å². The minimum atomic E-state index is -0.273. The molecule has 1 saturated heterocycles. The standard InChI is InChI=1S/C27H31FN8S/c1-34-19-29-17-24(34)18-36-15-12-23(13-16-36)35(2)37-25-9-7-22(8-10-25)32-27-30-14-11-26(33-27)31-21-5-3-20(28)4-6-21/h3-11,14,17,19,23H,12-13,15-16,18H2,1-2H3,(H2,30,31,32,33). The third kappa shape index (κ3) is 6.85. The number of anilines is 4. The lowest BCUT2D eigenvalue weighted by molar-refractivity contribution is 0.166. The van der Waals surface area contributed by atoms with Crippen molar-refractivity contribution in [3.05, 3.63) is 84.8 Å². The molecule has 0 radical (unpaired) electrons. The van der Waals surface area contributed by atoms with Gasteiger partial charge in [0, 0.05) is 61.4 Å². The van der Waals surface area contributed by atoms with E-state index in [0.29, 0.717) is 17.8 Å². The quantitative estimate of drug-likeness (QED) is 0.284. The predicted octanol–water partition coefficient (Wildman–Crippen LogP) is 5.44. The van der Waals surface area contributed by atoms with Crippen LogP contribution in [0.5, 0.6) is 0 Å². The van der Waals surface area contributed by atoms with Gasteiger partial charge in [0.25, 0.3) is 0 Å². The van der Waals surface area contributed by atoms with E-state index in [1.807, 2.05) is 24.7 Å². The first-order chi connectivity index (χ1) is 18.0. The first kappa shape index (κ1) is 25.2. The van der Waals surface area contributed by atoms with E-state index in [-0.39, 0.29) is 5.82 Å². The molecule has 5 rings (SSSR count). The van der Waals surface area contributed by atoms with Crippen LogP contribution in [0.25, 0.3) is 0 Å². The van der Waals surface area contributed by atoms with Gasteiger partial charge in [-0.05, 0) is 86.4 Å². The molecule has 2 aromatic heterocycles. The third-order valence-corrected chi connectivity index (χ3v) is 7.57. The van der Waals surface area contributed by atoms with Gasteiger partial charge in [0.2, 0.25) is 5.95 Å². The lowest BCUT2D eigenvalue weighted by Crippen LogP contribution is -2.40. The zero-order valence-electron chi connectivity index (χ0n) is 21.0. The fraction of sp³-hybridized carbons (Fsp3) is 0.296. The van der Waals surface area contributed by atoms with E-state index >= 15 is 0 Å². The fourth-order valence-corrected chi connectivity index (χ4v) is 5.30. The van der Waals surface area contributed by atoms with Gasteiger partial charge in [0.1, 0.15) is 11.6 Å². The Morgan fingerprint density at radius 3 is 2.41 bits per heavy atom. The van der Waals surface area contributed by atoms with E-state index in [2.05, 4.69) is 65.6 Å². The second-order valence-corrected chi connectivity index (χ2v) is 10.4. The summed E-state index contributed by atoms with van der Waals surface area (Å²) >= 11 is 1.78. The average Bonchev–Trinajstić information content (AvgIpc) is 3.31. The molecule has 1 aliphatic rings. The van der Waals surface area contributed by atoms with Crippen molar-refractivity contribution in [3.8, 4) is 0 Å². The van der Waals surface area contributed by atoms with Crippen LogP contribution in [0.4, 0.5) is 27.5 Å². The largest absolute Gasteiger partial charge is 0.340 e. The molecule has 2 aromatic carbocycles. The van der Waals surface area contributed by atoms with Crippen LogP contribution in [-0.2, 0) is 13.6 Å². The van der Waals surface area contributed by atoms with Gasteiger partial charge in [-0.1, -0.05) is 0 Å². The number of halogens is 1. The smallest absolute Gasteiger partial charge is 0.229 e. The highest BCUT2D eigenvalue weighted by Gasteiger charge is 2.23. The molecule has 8 nitrogen and oxygen atoms in total. The second-order valence-electron chi connectivity index (χ2n) is 9.19. The molecule has 3 heterocycles. The third-order valence-electron chi connectivity index (χ3n) is 6.51. The van der Waals surface area contributed by atoms with Crippen LogP contribution in [0.1, 0.15) is 18.5 Å². The van der Waals surface area contributed by atoms with Crippen LogP contribution in [0.15, 0.2) is 78.2 Å². The number of likely N-dealkylation sites (tertiary alicyclic amines) is 1. The van der Waals surface area contributed by atoms with E-state index in [9.17, 15) is 4.39 Å². The van der Waals surface area contributed by atoms with E-state index in [1.165, 1.54) is 22.7 Å². The molecular formula is C27H31FN8S. The highest BCUT2D eigenvalue weighted by atomic mass is 32.2. The Kier molecular flexibility index (Phi) is 7.98. The number of imidazole rings is 1. The minimum Gasteiger partial charge on any atom is -0.340 e. The average molecular weight is 519 g/mol. The van der Waals surface area contributed by atoms with Crippen LogP contribution in [0, 0.1) is 5.82 Å². The number of aromatic nitrogens is 4. The van der Waals surface area contributed by atoms with Crippen LogP contribution in [0.2, 0.25) is 0 Å². The van der Waals surface area contributed by atoms with Gasteiger partial charge < -0.3 is 15.2 Å². The van der Waals surface area contributed by atoms with Gasteiger partial charge in [0.15, 0.2) is 0 Å². The lowest BCUT2D eigenvalue weighted by atomic mass is 10.1. The van der Waals surface area contributed by atoms with E-state index in [1.54, 1.807) is 36.3 Å². The second kappa shape index (κ2) is 11.7. The Labute approximate surface area is 221 Å². The van der Waals surface area contributed by atoms with E-state index in [4.69, 9.17) is 0 Å². The van der Waals surface area contributed by atoms with Crippen LogP contribution >= 0.6 is 11.9 Å². The highest BCUT2D eigenvalue weighted by Crippen LogP contribution is 2.29. The van der Waals surface area contributed by atoms with Gasteiger partial charge in [-0.2, -0.15) is 4.98 Å². The number of piperidine rings is 1. The Hall–Kier alpha value is -3.47. The van der Waals surface area contributed by atoms with Crippen LogP contribution < -0.4 is 10.6 Å². The molecule has 0 atom stereocenters. The number of rotatable bonds is 9. The zero-order valence-corrected chi connectivity index (χ0v) is 21.8. The lowest BCUT2D eigenvalue weighted by Gasteiger charge is -2.36. The maximum atomic E-state index is 13.1. The molecule has 37 heavy (non-hydrogen) atoms. The van der Waals surface area contributed by atoms with Gasteiger partial charge >= 0.3 is 0 Å². The molecule has 0 spiro atoms. The topological polar surface area (TPSA) is 74.1 Å². The van der Waals surface area contributed by atoms with Gasteiger partial charge in [-0.3, -0.25) is 4.90 Å². The van der Waals surface area contributed by atoms with Gasteiger partial charge in [-0.15, -0.1) is 0 Å². The molecule has 0 saturated carbocycles.